The molecule has 0 aliphatic carbocycles. The van der Waals surface area contributed by atoms with Crippen molar-refractivity contribution in [3.8, 4) is 0 Å². The highest BCUT2D eigenvalue weighted by Crippen LogP contribution is 2.10. The molecule has 1 aromatic rings. The van der Waals surface area contributed by atoms with Crippen LogP contribution in [0.5, 0.6) is 0 Å². The molecule has 0 unspecified atom stereocenters. The van der Waals surface area contributed by atoms with Crippen molar-refractivity contribution in [1.82, 2.24) is 10.6 Å². The van der Waals surface area contributed by atoms with Gasteiger partial charge in [-0.1, -0.05) is 23.8 Å². The van der Waals surface area contributed by atoms with Gasteiger partial charge in [0.1, 0.15) is 5.82 Å². The van der Waals surface area contributed by atoms with E-state index in [2.05, 4.69) is 21.7 Å². The minimum atomic E-state index is -0.217. The summed E-state index contributed by atoms with van der Waals surface area (Å²) in [5, 5.41) is 6.50. The van der Waals surface area contributed by atoms with Crippen LogP contribution in [0.15, 0.2) is 40.9 Å². The number of benzene rings is 1. The molecule has 0 bridgehead atoms. The first-order valence-electron chi connectivity index (χ1n) is 7.22. The van der Waals surface area contributed by atoms with Crippen molar-refractivity contribution in [2.24, 2.45) is 4.99 Å². The van der Waals surface area contributed by atoms with Gasteiger partial charge in [0.15, 0.2) is 5.96 Å². The second-order valence-corrected chi connectivity index (χ2v) is 4.92. The number of nitrogens with one attached hydrogen (secondary N) is 2. The van der Waals surface area contributed by atoms with Crippen molar-refractivity contribution in [2.75, 3.05) is 26.8 Å². The lowest BCUT2D eigenvalue weighted by Gasteiger charge is -2.15. The molecule has 0 fully saturated rings. The molecule has 1 aliphatic heterocycles. The van der Waals surface area contributed by atoms with Crippen LogP contribution >= 0.6 is 0 Å². The summed E-state index contributed by atoms with van der Waals surface area (Å²) < 4.78 is 18.1. The number of ether oxygens (including phenoxy) is 1. The van der Waals surface area contributed by atoms with Gasteiger partial charge in [0.2, 0.25) is 0 Å². The van der Waals surface area contributed by atoms with Crippen LogP contribution in [0.3, 0.4) is 0 Å². The molecule has 2 N–H and O–H groups in total. The number of hydrogen-bond acceptors (Lipinski definition) is 2. The van der Waals surface area contributed by atoms with E-state index in [1.165, 1.54) is 17.7 Å². The molecule has 2 rings (SSSR count). The molecule has 1 aliphatic rings. The molecule has 0 aromatic heterocycles. The van der Waals surface area contributed by atoms with Crippen molar-refractivity contribution in [3.63, 3.8) is 0 Å². The van der Waals surface area contributed by atoms with E-state index in [1.807, 2.05) is 0 Å². The standard InChI is InChI=1S/C16H22FN3O/c1-18-16(19-9-6-13-7-10-21-11-8-13)20-12-14-2-4-15(17)5-3-14/h2-5,7H,6,8-12H2,1H3,(H2,18,19,20). The molecule has 0 atom stereocenters. The van der Waals surface area contributed by atoms with Gasteiger partial charge in [-0.25, -0.2) is 4.39 Å². The monoisotopic (exact) mass is 291 g/mol. The van der Waals surface area contributed by atoms with Gasteiger partial charge in [-0.3, -0.25) is 4.99 Å². The fourth-order valence-electron chi connectivity index (χ4n) is 2.14. The SMILES string of the molecule is CN=C(NCCC1=CCOCC1)NCc1ccc(F)cc1. The van der Waals surface area contributed by atoms with Gasteiger partial charge in [0, 0.05) is 20.1 Å². The third kappa shape index (κ3) is 5.55. The first-order chi connectivity index (χ1) is 10.3. The van der Waals surface area contributed by atoms with Crippen LogP contribution in [0.2, 0.25) is 0 Å². The van der Waals surface area contributed by atoms with E-state index in [0.717, 1.165) is 44.1 Å². The molecule has 1 heterocycles. The van der Waals surface area contributed by atoms with Crippen LogP contribution in [0, 0.1) is 5.82 Å². The number of nitrogens with zero attached hydrogens (tertiary/aromatic N) is 1. The minimum absolute atomic E-state index is 0.217. The van der Waals surface area contributed by atoms with Gasteiger partial charge in [0.25, 0.3) is 0 Å². The van der Waals surface area contributed by atoms with Crippen LogP contribution in [0.1, 0.15) is 18.4 Å². The van der Waals surface area contributed by atoms with E-state index in [4.69, 9.17) is 4.74 Å². The van der Waals surface area contributed by atoms with Gasteiger partial charge in [0.05, 0.1) is 13.2 Å². The first kappa shape index (κ1) is 15.5. The van der Waals surface area contributed by atoms with E-state index < -0.39 is 0 Å². The number of guanidine groups is 1. The quantitative estimate of drug-likeness (QED) is 0.497. The maximum absolute atomic E-state index is 12.8. The molecule has 21 heavy (non-hydrogen) atoms. The fourth-order valence-corrected chi connectivity index (χ4v) is 2.14. The summed E-state index contributed by atoms with van der Waals surface area (Å²) >= 11 is 0. The first-order valence-corrected chi connectivity index (χ1v) is 7.22. The largest absolute Gasteiger partial charge is 0.377 e. The fraction of sp³-hybridized carbons (Fsp3) is 0.438. The van der Waals surface area contributed by atoms with Crippen LogP contribution < -0.4 is 10.6 Å². The molecule has 0 saturated carbocycles. The van der Waals surface area contributed by atoms with Crippen molar-refractivity contribution in [3.05, 3.63) is 47.3 Å². The highest BCUT2D eigenvalue weighted by molar-refractivity contribution is 5.79. The van der Waals surface area contributed by atoms with E-state index in [1.54, 1.807) is 19.2 Å². The zero-order valence-corrected chi connectivity index (χ0v) is 12.4. The van der Waals surface area contributed by atoms with Gasteiger partial charge >= 0.3 is 0 Å². The minimum Gasteiger partial charge on any atom is -0.377 e. The molecule has 0 radical (unpaired) electrons. The predicted molar refractivity (Wildman–Crippen MR) is 82.7 cm³/mol. The Labute approximate surface area is 125 Å². The molecule has 0 spiro atoms. The highest BCUT2D eigenvalue weighted by atomic mass is 19.1. The Balaban J connectivity index is 1.70. The molecule has 0 saturated heterocycles. The molecule has 0 amide bonds. The summed E-state index contributed by atoms with van der Waals surface area (Å²) in [5.41, 5.74) is 2.45. The predicted octanol–water partition coefficient (Wildman–Crippen LogP) is 2.23. The molecular formula is C16H22FN3O. The van der Waals surface area contributed by atoms with Gasteiger partial charge in [-0.2, -0.15) is 0 Å². The van der Waals surface area contributed by atoms with Gasteiger partial charge < -0.3 is 15.4 Å². The van der Waals surface area contributed by atoms with E-state index in [-0.39, 0.29) is 5.82 Å². The Morgan fingerprint density at radius 2 is 2.10 bits per heavy atom. The summed E-state index contributed by atoms with van der Waals surface area (Å²) in [4.78, 5) is 4.18. The lowest BCUT2D eigenvalue weighted by atomic mass is 10.1. The van der Waals surface area contributed by atoms with E-state index in [0.29, 0.717) is 6.54 Å². The Hall–Kier alpha value is -1.88. The lowest BCUT2D eigenvalue weighted by molar-refractivity contribution is 0.153. The van der Waals surface area contributed by atoms with Crippen LogP contribution in [-0.4, -0.2) is 32.8 Å². The lowest BCUT2D eigenvalue weighted by Crippen LogP contribution is -2.37. The number of halogens is 1. The average Bonchev–Trinajstić information content (AvgIpc) is 2.53. The Kier molecular flexibility index (Phi) is 6.22. The van der Waals surface area contributed by atoms with Crippen LogP contribution in [0.25, 0.3) is 0 Å². The zero-order valence-electron chi connectivity index (χ0n) is 12.4. The Morgan fingerprint density at radius 3 is 2.76 bits per heavy atom. The smallest absolute Gasteiger partial charge is 0.191 e. The summed E-state index contributed by atoms with van der Waals surface area (Å²) in [5.74, 6) is 0.540. The molecule has 4 nitrogen and oxygen atoms in total. The summed E-state index contributed by atoms with van der Waals surface area (Å²) in [6, 6.07) is 6.46. The summed E-state index contributed by atoms with van der Waals surface area (Å²) in [6.07, 6.45) is 4.17. The number of hydrogen-bond donors (Lipinski definition) is 2. The second kappa shape index (κ2) is 8.42. The summed E-state index contributed by atoms with van der Waals surface area (Å²) in [7, 11) is 1.74. The van der Waals surface area contributed by atoms with Crippen molar-refractivity contribution in [1.29, 1.82) is 0 Å². The zero-order chi connectivity index (χ0) is 14.9. The highest BCUT2D eigenvalue weighted by Gasteiger charge is 2.04. The van der Waals surface area contributed by atoms with Gasteiger partial charge in [-0.05, 0) is 30.5 Å². The normalized spacial score (nSPS) is 15.5. The van der Waals surface area contributed by atoms with E-state index in [9.17, 15) is 4.39 Å². The maximum Gasteiger partial charge on any atom is 0.191 e. The topological polar surface area (TPSA) is 45.7 Å². The molecule has 5 heteroatoms. The number of rotatable bonds is 5. The van der Waals surface area contributed by atoms with Crippen molar-refractivity contribution in [2.45, 2.75) is 19.4 Å². The van der Waals surface area contributed by atoms with Gasteiger partial charge in [-0.15, -0.1) is 0 Å². The van der Waals surface area contributed by atoms with Crippen molar-refractivity contribution >= 4 is 5.96 Å². The average molecular weight is 291 g/mol. The molecule has 1 aromatic carbocycles. The second-order valence-electron chi connectivity index (χ2n) is 4.92. The molecule has 114 valence electrons. The Morgan fingerprint density at radius 1 is 1.29 bits per heavy atom. The third-order valence-electron chi connectivity index (χ3n) is 3.39. The van der Waals surface area contributed by atoms with Crippen LogP contribution in [0.4, 0.5) is 4.39 Å². The van der Waals surface area contributed by atoms with Crippen LogP contribution in [-0.2, 0) is 11.3 Å². The Bertz CT molecular complexity index is 497. The van der Waals surface area contributed by atoms with Crippen molar-refractivity contribution < 1.29 is 9.13 Å². The number of aliphatic imine (C=N–C) groups is 1. The third-order valence-corrected chi connectivity index (χ3v) is 3.39. The molecular weight excluding hydrogens is 269 g/mol. The van der Waals surface area contributed by atoms with E-state index >= 15 is 0 Å². The maximum atomic E-state index is 12.8. The summed E-state index contributed by atoms with van der Waals surface area (Å²) in [6.45, 7) is 3.02.